The van der Waals surface area contributed by atoms with Crippen LogP contribution < -0.4 is 0 Å². The zero-order valence-electron chi connectivity index (χ0n) is 17.9. The van der Waals surface area contributed by atoms with Gasteiger partial charge in [0.25, 0.3) is 0 Å². The van der Waals surface area contributed by atoms with E-state index in [2.05, 4.69) is 80.8 Å². The normalized spacial score (nSPS) is 12.2. The van der Waals surface area contributed by atoms with Crippen LogP contribution in [0.1, 0.15) is 61.2 Å². The van der Waals surface area contributed by atoms with Gasteiger partial charge in [0.2, 0.25) is 5.78 Å². The third-order valence-corrected chi connectivity index (χ3v) is 7.44. The highest BCUT2D eigenvalue weighted by Gasteiger charge is 2.25. The molecule has 158 valence electrons. The van der Waals surface area contributed by atoms with Gasteiger partial charge in [0.1, 0.15) is 0 Å². The van der Waals surface area contributed by atoms with Gasteiger partial charge in [-0.3, -0.25) is 4.79 Å². The number of nitrogens with one attached hydrogen (secondary N) is 2. The number of aromatic nitrogens is 2. The Hall–Kier alpha value is -2.37. The second kappa shape index (κ2) is 8.64. The maximum absolute atomic E-state index is 13.0. The van der Waals surface area contributed by atoms with Crippen LogP contribution in [0.4, 0.5) is 0 Å². The van der Waals surface area contributed by atoms with E-state index < -0.39 is 0 Å². The summed E-state index contributed by atoms with van der Waals surface area (Å²) >= 11 is 7.18. The number of ketones is 1. The molecule has 1 atom stereocenters. The summed E-state index contributed by atoms with van der Waals surface area (Å²) in [6, 6.07) is 18.1. The number of halogens is 2. The van der Waals surface area contributed by atoms with Crippen molar-refractivity contribution in [2.45, 2.75) is 33.6 Å². The van der Waals surface area contributed by atoms with Gasteiger partial charge in [-0.2, -0.15) is 0 Å². The van der Waals surface area contributed by atoms with Gasteiger partial charge in [-0.1, -0.05) is 47.5 Å². The lowest BCUT2D eigenvalue weighted by Gasteiger charge is -2.21. The van der Waals surface area contributed by atoms with Gasteiger partial charge in [-0.25, -0.2) is 0 Å². The SMILES string of the molecule is Cc1ccc(C(=O)c2ccc([C@H](c3cc(Br)c(Br)[nH]3)c3c(C)cc(C)cc3C)[nH]2)cc1. The zero-order valence-corrected chi connectivity index (χ0v) is 21.1. The number of aryl methyl sites for hydroxylation is 4. The van der Waals surface area contributed by atoms with Gasteiger partial charge < -0.3 is 9.97 Å². The van der Waals surface area contributed by atoms with Crippen molar-refractivity contribution in [1.82, 2.24) is 9.97 Å². The first-order valence-corrected chi connectivity index (χ1v) is 11.7. The summed E-state index contributed by atoms with van der Waals surface area (Å²) in [5, 5.41) is 0. The predicted octanol–water partition coefficient (Wildman–Crippen LogP) is 7.51. The molecule has 0 spiro atoms. The first-order chi connectivity index (χ1) is 14.7. The van der Waals surface area contributed by atoms with Crippen LogP contribution in [-0.4, -0.2) is 15.8 Å². The first kappa shape index (κ1) is 21.8. The van der Waals surface area contributed by atoms with E-state index in [1.165, 1.54) is 22.3 Å². The third kappa shape index (κ3) is 4.35. The molecular formula is C26H24Br2N2O. The van der Waals surface area contributed by atoms with Gasteiger partial charge in [-0.05, 0) is 94.4 Å². The maximum atomic E-state index is 13.0. The molecule has 2 aromatic heterocycles. The van der Waals surface area contributed by atoms with Crippen molar-refractivity contribution >= 4 is 37.6 Å². The molecule has 3 nitrogen and oxygen atoms in total. The van der Waals surface area contributed by atoms with E-state index in [0.717, 1.165) is 26.0 Å². The molecule has 0 amide bonds. The summed E-state index contributed by atoms with van der Waals surface area (Å²) in [6.45, 7) is 8.44. The number of H-pyrrole nitrogens is 2. The molecule has 0 aliphatic heterocycles. The number of aromatic amines is 2. The van der Waals surface area contributed by atoms with Gasteiger partial charge in [0.05, 0.1) is 16.2 Å². The van der Waals surface area contributed by atoms with Crippen LogP contribution in [0.2, 0.25) is 0 Å². The van der Waals surface area contributed by atoms with Crippen molar-refractivity contribution in [3.05, 3.63) is 114 Å². The molecule has 0 bridgehead atoms. The lowest BCUT2D eigenvalue weighted by Crippen LogP contribution is -2.10. The van der Waals surface area contributed by atoms with Crippen molar-refractivity contribution in [2.24, 2.45) is 0 Å². The van der Waals surface area contributed by atoms with E-state index in [0.29, 0.717) is 11.3 Å². The molecule has 4 rings (SSSR count). The third-order valence-electron chi connectivity index (χ3n) is 5.66. The summed E-state index contributed by atoms with van der Waals surface area (Å²) < 4.78 is 1.87. The van der Waals surface area contributed by atoms with Crippen molar-refractivity contribution in [2.75, 3.05) is 0 Å². The molecular weight excluding hydrogens is 516 g/mol. The van der Waals surface area contributed by atoms with Gasteiger partial charge in [-0.15, -0.1) is 0 Å². The zero-order chi connectivity index (χ0) is 22.3. The molecule has 31 heavy (non-hydrogen) atoms. The molecule has 5 heteroatoms. The topological polar surface area (TPSA) is 48.6 Å². The minimum atomic E-state index is -0.0530. The average Bonchev–Trinajstić information content (AvgIpc) is 3.31. The van der Waals surface area contributed by atoms with Gasteiger partial charge in [0.15, 0.2) is 0 Å². The summed E-state index contributed by atoms with van der Waals surface area (Å²) in [5.41, 5.74) is 9.38. The van der Waals surface area contributed by atoms with Crippen LogP contribution in [0.25, 0.3) is 0 Å². The van der Waals surface area contributed by atoms with E-state index in [9.17, 15) is 4.79 Å². The molecule has 2 aromatic carbocycles. The van der Waals surface area contributed by atoms with Crippen LogP contribution >= 0.6 is 31.9 Å². The largest absolute Gasteiger partial charge is 0.355 e. The molecule has 0 aliphatic rings. The van der Waals surface area contributed by atoms with E-state index in [1.54, 1.807) is 0 Å². The summed E-state index contributed by atoms with van der Waals surface area (Å²) in [7, 11) is 0. The highest BCUT2D eigenvalue weighted by molar-refractivity contribution is 9.13. The van der Waals surface area contributed by atoms with E-state index in [-0.39, 0.29) is 11.7 Å². The molecule has 0 fully saturated rings. The monoisotopic (exact) mass is 538 g/mol. The maximum Gasteiger partial charge on any atom is 0.209 e. The number of hydrogen-bond donors (Lipinski definition) is 2. The van der Waals surface area contributed by atoms with Crippen molar-refractivity contribution in [1.29, 1.82) is 0 Å². The molecule has 0 unspecified atom stereocenters. The molecule has 2 heterocycles. The minimum absolute atomic E-state index is 0.00352. The smallest absolute Gasteiger partial charge is 0.209 e. The quantitative estimate of drug-likeness (QED) is 0.253. The van der Waals surface area contributed by atoms with E-state index in [1.807, 2.05) is 43.3 Å². The Morgan fingerprint density at radius 2 is 1.42 bits per heavy atom. The number of carbonyl (C=O) groups excluding carboxylic acids is 1. The van der Waals surface area contributed by atoms with Crippen LogP contribution in [0.5, 0.6) is 0 Å². The highest BCUT2D eigenvalue weighted by Crippen LogP contribution is 2.38. The molecule has 2 N–H and O–H groups in total. The Balaban J connectivity index is 1.82. The first-order valence-electron chi connectivity index (χ1n) is 10.2. The second-order valence-electron chi connectivity index (χ2n) is 8.15. The predicted molar refractivity (Wildman–Crippen MR) is 133 cm³/mol. The Morgan fingerprint density at radius 1 is 0.774 bits per heavy atom. The molecule has 0 aliphatic carbocycles. The summed E-state index contributed by atoms with van der Waals surface area (Å²) in [4.78, 5) is 19.9. The Morgan fingerprint density at radius 3 is 2.00 bits per heavy atom. The lowest BCUT2D eigenvalue weighted by molar-refractivity contribution is 0.103. The van der Waals surface area contributed by atoms with E-state index >= 15 is 0 Å². The van der Waals surface area contributed by atoms with Gasteiger partial charge in [0, 0.05) is 21.4 Å². The summed E-state index contributed by atoms with van der Waals surface area (Å²) in [5.74, 6) is -0.0565. The Labute approximate surface area is 199 Å². The lowest BCUT2D eigenvalue weighted by atomic mass is 9.85. The second-order valence-corrected chi connectivity index (χ2v) is 9.80. The summed E-state index contributed by atoms with van der Waals surface area (Å²) in [6.07, 6.45) is 0. The van der Waals surface area contributed by atoms with Crippen molar-refractivity contribution in [3.63, 3.8) is 0 Å². The van der Waals surface area contributed by atoms with Crippen LogP contribution in [-0.2, 0) is 0 Å². The van der Waals surface area contributed by atoms with Crippen LogP contribution in [0.15, 0.2) is 63.7 Å². The Kier molecular flexibility index (Phi) is 6.09. The number of rotatable bonds is 5. The van der Waals surface area contributed by atoms with E-state index in [4.69, 9.17) is 0 Å². The number of hydrogen-bond acceptors (Lipinski definition) is 1. The van der Waals surface area contributed by atoms with Crippen molar-refractivity contribution in [3.8, 4) is 0 Å². The van der Waals surface area contributed by atoms with Crippen LogP contribution in [0, 0.1) is 27.7 Å². The number of carbonyl (C=O) groups is 1. The fourth-order valence-corrected chi connectivity index (χ4v) is 4.97. The Bertz CT molecular complexity index is 1220. The molecule has 0 radical (unpaired) electrons. The molecule has 0 saturated carbocycles. The van der Waals surface area contributed by atoms with Gasteiger partial charge >= 0.3 is 0 Å². The minimum Gasteiger partial charge on any atom is -0.355 e. The fraction of sp³-hybridized carbons (Fsp3) is 0.192. The standard InChI is InChI=1S/C26H24Br2N2O/c1-14-5-7-18(8-6-14)25(31)21-10-9-20(29-21)24(22-13-19(27)26(28)30-22)23-16(3)11-15(2)12-17(23)4/h5-13,24,29-30H,1-4H3/t24-/m1/s1. The molecule has 0 saturated heterocycles. The van der Waals surface area contributed by atoms with Crippen molar-refractivity contribution < 1.29 is 4.79 Å². The highest BCUT2D eigenvalue weighted by atomic mass is 79.9. The molecule has 4 aromatic rings. The average molecular weight is 540 g/mol. The fourth-order valence-electron chi connectivity index (χ4n) is 4.28. The van der Waals surface area contributed by atoms with Crippen LogP contribution in [0.3, 0.4) is 0 Å². The number of benzene rings is 2.